The average Bonchev–Trinajstić information content (AvgIpc) is 2.98. The van der Waals surface area contributed by atoms with Crippen molar-refractivity contribution in [3.63, 3.8) is 0 Å². The van der Waals surface area contributed by atoms with Crippen LogP contribution in [0.1, 0.15) is 38.1 Å². The number of carboxylic acid groups (broad SMARTS) is 1. The number of carbonyl (C=O) groups excluding carboxylic acids is 1. The first-order valence-corrected chi connectivity index (χ1v) is 8.19. The van der Waals surface area contributed by atoms with Crippen molar-refractivity contribution in [2.24, 2.45) is 0 Å². The van der Waals surface area contributed by atoms with Gasteiger partial charge in [0.05, 0.1) is 17.4 Å². The molecule has 7 nitrogen and oxygen atoms in total. The normalized spacial score (nSPS) is 15.5. The highest BCUT2D eigenvalue weighted by Gasteiger charge is 2.17. The molecule has 24 heavy (non-hydrogen) atoms. The van der Waals surface area contributed by atoms with Crippen LogP contribution in [-0.2, 0) is 14.3 Å². The number of anilines is 1. The third-order valence-corrected chi connectivity index (χ3v) is 4.29. The molecule has 1 fully saturated rings. The standard InChI is InChI=1S/C17H21N3O4/c21-16(9-24-10-17(22)23)19-12-6-7-15-14(8-12)18-11-20(15)13-4-2-1-3-5-13/h6-8,11,13H,1-5,9-10H2,(H,19,21)(H,22,23). The molecular formula is C17H21N3O4. The molecule has 1 amide bonds. The van der Waals surface area contributed by atoms with Crippen molar-refractivity contribution in [2.75, 3.05) is 18.5 Å². The van der Waals surface area contributed by atoms with Crippen molar-refractivity contribution in [3.05, 3.63) is 24.5 Å². The molecule has 0 saturated heterocycles. The molecule has 1 aliphatic carbocycles. The lowest BCUT2D eigenvalue weighted by atomic mass is 9.95. The molecular weight excluding hydrogens is 310 g/mol. The maximum atomic E-state index is 11.7. The highest BCUT2D eigenvalue weighted by atomic mass is 16.5. The third-order valence-electron chi connectivity index (χ3n) is 4.29. The van der Waals surface area contributed by atoms with E-state index < -0.39 is 12.6 Å². The lowest BCUT2D eigenvalue weighted by molar-refractivity contribution is -0.143. The highest BCUT2D eigenvalue weighted by Crippen LogP contribution is 2.31. The van der Waals surface area contributed by atoms with Crippen LogP contribution in [0.25, 0.3) is 11.0 Å². The van der Waals surface area contributed by atoms with Gasteiger partial charge in [-0.2, -0.15) is 0 Å². The number of nitrogens with zero attached hydrogens (tertiary/aromatic N) is 2. The summed E-state index contributed by atoms with van der Waals surface area (Å²) < 4.78 is 7.00. The van der Waals surface area contributed by atoms with Crippen molar-refractivity contribution in [3.8, 4) is 0 Å². The van der Waals surface area contributed by atoms with E-state index in [1.165, 1.54) is 32.1 Å². The molecule has 3 rings (SSSR count). The predicted molar refractivity (Wildman–Crippen MR) is 88.9 cm³/mol. The molecule has 0 radical (unpaired) electrons. The van der Waals surface area contributed by atoms with Gasteiger partial charge in [-0.1, -0.05) is 19.3 Å². The van der Waals surface area contributed by atoms with Crippen LogP contribution in [0, 0.1) is 0 Å². The van der Waals surface area contributed by atoms with Crippen molar-refractivity contribution >= 4 is 28.6 Å². The summed E-state index contributed by atoms with van der Waals surface area (Å²) in [6, 6.07) is 6.13. The minimum Gasteiger partial charge on any atom is -0.480 e. The summed E-state index contributed by atoms with van der Waals surface area (Å²) >= 11 is 0. The van der Waals surface area contributed by atoms with Crippen LogP contribution >= 0.6 is 0 Å². The summed E-state index contributed by atoms with van der Waals surface area (Å²) in [6.07, 6.45) is 8.07. The molecule has 1 aromatic carbocycles. The van der Waals surface area contributed by atoms with Gasteiger partial charge in [0.1, 0.15) is 13.2 Å². The van der Waals surface area contributed by atoms with E-state index in [9.17, 15) is 9.59 Å². The van der Waals surface area contributed by atoms with Gasteiger partial charge in [0.15, 0.2) is 0 Å². The maximum absolute atomic E-state index is 11.7. The highest BCUT2D eigenvalue weighted by molar-refractivity contribution is 5.94. The smallest absolute Gasteiger partial charge is 0.329 e. The Hall–Kier alpha value is -2.41. The molecule has 2 N–H and O–H groups in total. The molecule has 1 aliphatic rings. The number of rotatable bonds is 6. The van der Waals surface area contributed by atoms with Gasteiger partial charge in [0.25, 0.3) is 0 Å². The van der Waals surface area contributed by atoms with Crippen LogP contribution in [0.2, 0.25) is 0 Å². The molecule has 0 aliphatic heterocycles. The molecule has 0 atom stereocenters. The fourth-order valence-corrected chi connectivity index (χ4v) is 3.19. The van der Waals surface area contributed by atoms with E-state index in [-0.39, 0.29) is 12.5 Å². The van der Waals surface area contributed by atoms with E-state index in [1.54, 1.807) is 0 Å². The molecule has 1 heterocycles. The Bertz CT molecular complexity index is 735. The van der Waals surface area contributed by atoms with Crippen molar-refractivity contribution in [2.45, 2.75) is 38.1 Å². The Morgan fingerprint density at radius 3 is 2.79 bits per heavy atom. The van der Waals surface area contributed by atoms with Gasteiger partial charge in [-0.3, -0.25) is 4.79 Å². The molecule has 2 aromatic rings. The van der Waals surface area contributed by atoms with Gasteiger partial charge in [0.2, 0.25) is 5.91 Å². The topological polar surface area (TPSA) is 93.4 Å². The van der Waals surface area contributed by atoms with Crippen molar-refractivity contribution in [1.29, 1.82) is 0 Å². The molecule has 0 unspecified atom stereocenters. The average molecular weight is 331 g/mol. The lowest BCUT2D eigenvalue weighted by Crippen LogP contribution is -2.20. The first-order valence-electron chi connectivity index (χ1n) is 8.19. The SMILES string of the molecule is O=C(O)COCC(=O)Nc1ccc2c(c1)ncn2C1CCCCC1. The maximum Gasteiger partial charge on any atom is 0.329 e. The Kier molecular flexibility index (Phi) is 5.10. The number of hydrogen-bond acceptors (Lipinski definition) is 4. The van der Waals surface area contributed by atoms with Crippen LogP contribution in [0.15, 0.2) is 24.5 Å². The molecule has 7 heteroatoms. The van der Waals surface area contributed by atoms with E-state index in [2.05, 4.69) is 14.9 Å². The fourth-order valence-electron chi connectivity index (χ4n) is 3.19. The van der Waals surface area contributed by atoms with Crippen molar-refractivity contribution < 1.29 is 19.4 Å². The monoisotopic (exact) mass is 331 g/mol. The summed E-state index contributed by atoms with van der Waals surface area (Å²) in [5.41, 5.74) is 2.53. The molecule has 0 spiro atoms. The number of imidazole rings is 1. The Morgan fingerprint density at radius 1 is 1.25 bits per heavy atom. The summed E-state index contributed by atoms with van der Waals surface area (Å²) in [5.74, 6) is -1.49. The number of benzene rings is 1. The van der Waals surface area contributed by atoms with Gasteiger partial charge in [-0.15, -0.1) is 0 Å². The second-order valence-electron chi connectivity index (χ2n) is 6.08. The Morgan fingerprint density at radius 2 is 2.04 bits per heavy atom. The zero-order valence-electron chi connectivity index (χ0n) is 13.4. The lowest BCUT2D eigenvalue weighted by Gasteiger charge is -2.23. The number of carbonyl (C=O) groups is 2. The van der Waals surface area contributed by atoms with E-state index >= 15 is 0 Å². The first-order chi connectivity index (χ1) is 11.6. The van der Waals surface area contributed by atoms with Gasteiger partial charge in [0, 0.05) is 11.7 Å². The van der Waals surface area contributed by atoms with Crippen LogP contribution in [0.3, 0.4) is 0 Å². The van der Waals surface area contributed by atoms with Gasteiger partial charge < -0.3 is 19.7 Å². The fraction of sp³-hybridized carbons (Fsp3) is 0.471. The number of ether oxygens (including phenoxy) is 1. The number of amides is 1. The Balaban J connectivity index is 1.66. The quantitative estimate of drug-likeness (QED) is 0.848. The van der Waals surface area contributed by atoms with Gasteiger partial charge >= 0.3 is 5.97 Å². The summed E-state index contributed by atoms with van der Waals surface area (Å²) in [7, 11) is 0. The summed E-state index contributed by atoms with van der Waals surface area (Å²) in [6.45, 7) is -0.779. The van der Waals surface area contributed by atoms with Crippen LogP contribution in [0.5, 0.6) is 0 Å². The second kappa shape index (κ2) is 7.44. The van der Waals surface area contributed by atoms with E-state index in [4.69, 9.17) is 9.84 Å². The zero-order chi connectivity index (χ0) is 16.9. The number of nitrogens with one attached hydrogen (secondary N) is 1. The first kappa shape index (κ1) is 16.4. The number of carboxylic acids is 1. The Labute approximate surface area is 139 Å². The van der Waals surface area contributed by atoms with E-state index in [0.717, 1.165) is 11.0 Å². The van der Waals surface area contributed by atoms with Crippen LogP contribution in [0.4, 0.5) is 5.69 Å². The summed E-state index contributed by atoms with van der Waals surface area (Å²) in [4.78, 5) is 26.5. The van der Waals surface area contributed by atoms with Crippen LogP contribution < -0.4 is 5.32 Å². The summed E-state index contributed by atoms with van der Waals surface area (Å²) in [5, 5.41) is 11.2. The number of hydrogen-bond donors (Lipinski definition) is 2. The third kappa shape index (κ3) is 3.91. The largest absolute Gasteiger partial charge is 0.480 e. The van der Waals surface area contributed by atoms with Gasteiger partial charge in [-0.05, 0) is 31.0 Å². The number of aliphatic carboxylic acids is 1. The number of aromatic nitrogens is 2. The molecule has 1 saturated carbocycles. The van der Waals surface area contributed by atoms with E-state index in [1.807, 2.05) is 24.5 Å². The number of fused-ring (bicyclic) bond motifs is 1. The van der Waals surface area contributed by atoms with Gasteiger partial charge in [-0.25, -0.2) is 9.78 Å². The van der Waals surface area contributed by atoms with Crippen LogP contribution in [-0.4, -0.2) is 39.7 Å². The second-order valence-corrected chi connectivity index (χ2v) is 6.08. The van der Waals surface area contributed by atoms with E-state index in [0.29, 0.717) is 11.7 Å². The molecule has 128 valence electrons. The van der Waals surface area contributed by atoms with Crippen molar-refractivity contribution in [1.82, 2.24) is 9.55 Å². The molecule has 0 bridgehead atoms. The molecule has 1 aromatic heterocycles. The minimum absolute atomic E-state index is 0.291. The minimum atomic E-state index is -1.10. The predicted octanol–water partition coefficient (Wildman–Crippen LogP) is 2.58. The zero-order valence-corrected chi connectivity index (χ0v) is 13.4.